The van der Waals surface area contributed by atoms with Crippen molar-refractivity contribution in [1.82, 2.24) is 5.32 Å². The Morgan fingerprint density at radius 2 is 1.84 bits per heavy atom. The molecular formula is C15H25NO2S. The highest BCUT2D eigenvalue weighted by Gasteiger charge is 2.29. The van der Waals surface area contributed by atoms with E-state index in [1.807, 2.05) is 0 Å². The Morgan fingerprint density at radius 3 is 2.53 bits per heavy atom. The highest BCUT2D eigenvalue weighted by atomic mass is 32.2. The number of thioether (sulfide) groups is 1. The number of unbranched alkanes of at least 4 members (excludes halogenated alkanes) is 5. The Balaban J connectivity index is 1.92. The zero-order chi connectivity index (χ0) is 13.9. The number of amides is 1. The maximum absolute atomic E-state index is 11.4. The third kappa shape index (κ3) is 8.87. The van der Waals surface area contributed by atoms with Crippen molar-refractivity contribution in [1.29, 1.82) is 0 Å². The van der Waals surface area contributed by atoms with Gasteiger partial charge in [0.25, 0.3) is 0 Å². The molecule has 0 aliphatic heterocycles. The number of rotatable bonds is 10. The summed E-state index contributed by atoms with van der Waals surface area (Å²) in [5, 5.41) is 4.64. The Kier molecular flexibility index (Phi) is 8.63. The molecule has 1 aliphatic carbocycles. The lowest BCUT2D eigenvalue weighted by atomic mass is 10.1. The smallest absolute Gasteiger partial charge is 0.244 e. The van der Waals surface area contributed by atoms with Gasteiger partial charge in [0.1, 0.15) is 0 Å². The Morgan fingerprint density at radius 1 is 1.16 bits per heavy atom. The van der Waals surface area contributed by atoms with E-state index in [1.54, 1.807) is 5.41 Å². The van der Waals surface area contributed by atoms with E-state index in [2.05, 4.69) is 12.2 Å². The first-order chi connectivity index (χ1) is 9.24. The van der Waals surface area contributed by atoms with Crippen LogP contribution in [0.4, 0.5) is 0 Å². The van der Waals surface area contributed by atoms with E-state index in [0.29, 0.717) is 0 Å². The topological polar surface area (TPSA) is 46.2 Å². The lowest BCUT2D eigenvalue weighted by molar-refractivity contribution is -0.116. The van der Waals surface area contributed by atoms with Gasteiger partial charge in [-0.05, 0) is 24.7 Å². The molecule has 0 aromatic carbocycles. The molecule has 0 atom stereocenters. The van der Waals surface area contributed by atoms with E-state index in [1.165, 1.54) is 38.2 Å². The van der Waals surface area contributed by atoms with Gasteiger partial charge in [-0.3, -0.25) is 9.59 Å². The summed E-state index contributed by atoms with van der Waals surface area (Å²) in [7, 11) is 0. The van der Waals surface area contributed by atoms with Crippen LogP contribution in [0.3, 0.4) is 0 Å². The minimum Gasteiger partial charge on any atom is -0.353 e. The second-order valence-corrected chi connectivity index (χ2v) is 5.98. The van der Waals surface area contributed by atoms with Crippen LogP contribution in [-0.4, -0.2) is 17.6 Å². The predicted molar refractivity (Wildman–Crippen MR) is 80.8 cm³/mol. The largest absolute Gasteiger partial charge is 0.353 e. The highest BCUT2D eigenvalue weighted by Crippen LogP contribution is 2.34. The van der Waals surface area contributed by atoms with Crippen LogP contribution in [-0.2, 0) is 9.59 Å². The first-order valence-electron chi connectivity index (χ1n) is 7.39. The summed E-state index contributed by atoms with van der Waals surface area (Å²) in [5.41, 5.74) is 0. The molecule has 4 heteroatoms. The second-order valence-electron chi connectivity index (χ2n) is 5.07. The standard InChI is InChI=1S/C15H25NO2S/c1-2-3-4-5-6-7-11-16-14(17)10-12-19-15(18)13-8-9-13/h10,12-13H,2-9,11H2,1H3,(H,16,17). The van der Waals surface area contributed by atoms with Crippen LogP contribution in [0.25, 0.3) is 0 Å². The molecule has 0 unspecified atom stereocenters. The highest BCUT2D eigenvalue weighted by molar-refractivity contribution is 8.16. The monoisotopic (exact) mass is 283 g/mol. The Bertz CT molecular complexity index is 311. The average Bonchev–Trinajstić information content (AvgIpc) is 3.22. The Labute approximate surface area is 120 Å². The second kappa shape index (κ2) is 10.1. The minimum absolute atomic E-state index is 0.0929. The van der Waals surface area contributed by atoms with Crippen molar-refractivity contribution in [2.45, 2.75) is 58.3 Å². The summed E-state index contributed by atoms with van der Waals surface area (Å²) in [5.74, 6) is 0.158. The number of nitrogens with one attached hydrogen (secondary N) is 1. The number of carbonyl (C=O) groups is 2. The van der Waals surface area contributed by atoms with Gasteiger partial charge in [0, 0.05) is 18.5 Å². The van der Waals surface area contributed by atoms with Gasteiger partial charge in [0.2, 0.25) is 5.91 Å². The van der Waals surface area contributed by atoms with Gasteiger partial charge < -0.3 is 5.32 Å². The number of hydrogen-bond donors (Lipinski definition) is 1. The lowest BCUT2D eigenvalue weighted by Crippen LogP contribution is -2.21. The van der Waals surface area contributed by atoms with Crippen LogP contribution >= 0.6 is 11.8 Å². The van der Waals surface area contributed by atoms with E-state index in [9.17, 15) is 9.59 Å². The average molecular weight is 283 g/mol. The molecule has 0 saturated heterocycles. The normalized spacial score (nSPS) is 14.8. The molecule has 0 heterocycles. The van der Waals surface area contributed by atoms with E-state index in [4.69, 9.17) is 0 Å². The Hall–Kier alpha value is -0.770. The van der Waals surface area contributed by atoms with Crippen molar-refractivity contribution in [3.63, 3.8) is 0 Å². The van der Waals surface area contributed by atoms with Crippen molar-refractivity contribution in [3.8, 4) is 0 Å². The summed E-state index contributed by atoms with van der Waals surface area (Å²) in [4.78, 5) is 22.8. The summed E-state index contributed by atoms with van der Waals surface area (Å²) in [6.45, 7) is 2.94. The van der Waals surface area contributed by atoms with Crippen molar-refractivity contribution in [2.24, 2.45) is 5.92 Å². The fourth-order valence-electron chi connectivity index (χ4n) is 1.75. The van der Waals surface area contributed by atoms with E-state index >= 15 is 0 Å². The summed E-state index contributed by atoms with van der Waals surface area (Å²) < 4.78 is 0. The van der Waals surface area contributed by atoms with Gasteiger partial charge in [-0.15, -0.1) is 0 Å². The van der Waals surface area contributed by atoms with Crippen LogP contribution in [0, 0.1) is 5.92 Å². The van der Waals surface area contributed by atoms with Crippen LogP contribution < -0.4 is 5.32 Å². The third-order valence-electron chi connectivity index (χ3n) is 3.14. The van der Waals surface area contributed by atoms with Crippen molar-refractivity contribution < 1.29 is 9.59 Å². The molecule has 0 spiro atoms. The molecule has 1 aliphatic rings. The van der Waals surface area contributed by atoms with Gasteiger partial charge in [0.15, 0.2) is 5.12 Å². The molecule has 0 radical (unpaired) electrons. The summed E-state index contributed by atoms with van der Waals surface area (Å²) in [6, 6.07) is 0. The summed E-state index contributed by atoms with van der Waals surface area (Å²) in [6.07, 6.45) is 10.8. The molecule has 1 rings (SSSR count). The van der Waals surface area contributed by atoms with Gasteiger partial charge in [-0.1, -0.05) is 50.8 Å². The molecule has 0 aromatic rings. The molecule has 3 nitrogen and oxygen atoms in total. The molecule has 1 N–H and O–H groups in total. The SMILES string of the molecule is CCCCCCCCNC(=O)C=CSC(=O)C1CC1. The zero-order valence-corrected chi connectivity index (χ0v) is 12.6. The van der Waals surface area contributed by atoms with Gasteiger partial charge >= 0.3 is 0 Å². The number of hydrogen-bond acceptors (Lipinski definition) is 3. The maximum Gasteiger partial charge on any atom is 0.244 e. The first kappa shape index (κ1) is 16.3. The van der Waals surface area contributed by atoms with E-state index < -0.39 is 0 Å². The fourth-order valence-corrected chi connectivity index (χ4v) is 2.51. The minimum atomic E-state index is -0.0929. The predicted octanol–water partition coefficient (Wildman–Crippen LogP) is 3.65. The molecule has 1 amide bonds. The molecule has 0 bridgehead atoms. The fraction of sp³-hybridized carbons (Fsp3) is 0.733. The van der Waals surface area contributed by atoms with Crippen LogP contribution in [0.1, 0.15) is 58.3 Å². The maximum atomic E-state index is 11.4. The summed E-state index contributed by atoms with van der Waals surface area (Å²) >= 11 is 1.15. The molecule has 19 heavy (non-hydrogen) atoms. The molecular weight excluding hydrogens is 258 g/mol. The molecule has 0 aromatic heterocycles. The van der Waals surface area contributed by atoms with E-state index in [-0.39, 0.29) is 16.9 Å². The van der Waals surface area contributed by atoms with Crippen molar-refractivity contribution >= 4 is 22.8 Å². The van der Waals surface area contributed by atoms with Crippen LogP contribution in [0.15, 0.2) is 11.5 Å². The molecule has 108 valence electrons. The first-order valence-corrected chi connectivity index (χ1v) is 8.27. The van der Waals surface area contributed by atoms with Gasteiger partial charge in [-0.25, -0.2) is 0 Å². The zero-order valence-electron chi connectivity index (χ0n) is 11.8. The van der Waals surface area contributed by atoms with E-state index in [0.717, 1.165) is 37.6 Å². The number of carbonyl (C=O) groups excluding carboxylic acids is 2. The van der Waals surface area contributed by atoms with Crippen molar-refractivity contribution in [2.75, 3.05) is 6.54 Å². The lowest BCUT2D eigenvalue weighted by Gasteiger charge is -2.02. The van der Waals surface area contributed by atoms with Crippen LogP contribution in [0.2, 0.25) is 0 Å². The van der Waals surface area contributed by atoms with Crippen molar-refractivity contribution in [3.05, 3.63) is 11.5 Å². The molecule has 1 fully saturated rings. The van der Waals surface area contributed by atoms with Gasteiger partial charge in [-0.2, -0.15) is 0 Å². The molecule has 1 saturated carbocycles. The quantitative estimate of drug-likeness (QED) is 0.492. The van der Waals surface area contributed by atoms with Gasteiger partial charge in [0.05, 0.1) is 0 Å². The van der Waals surface area contributed by atoms with Crippen LogP contribution in [0.5, 0.6) is 0 Å². The third-order valence-corrected chi connectivity index (χ3v) is 3.98.